The van der Waals surface area contributed by atoms with E-state index < -0.39 is 0 Å². The van der Waals surface area contributed by atoms with E-state index in [0.717, 1.165) is 24.5 Å². The summed E-state index contributed by atoms with van der Waals surface area (Å²) < 4.78 is 5.46. The van der Waals surface area contributed by atoms with Gasteiger partial charge in [-0.05, 0) is 55.2 Å². The summed E-state index contributed by atoms with van der Waals surface area (Å²) in [6, 6.07) is 6.33. The molecule has 0 saturated heterocycles. The number of hydrogen-bond acceptors (Lipinski definition) is 2. The van der Waals surface area contributed by atoms with Crippen LogP contribution in [0.15, 0.2) is 18.2 Å². The molecule has 15 heavy (non-hydrogen) atoms. The molecular weight excluding hydrogens is 204 g/mol. The summed E-state index contributed by atoms with van der Waals surface area (Å²) in [5.41, 5.74) is 2.72. The Bertz CT molecular complexity index is 309. The average molecular weight is 224 g/mol. The van der Waals surface area contributed by atoms with Crippen molar-refractivity contribution >= 4 is 12.6 Å². The Balaban J connectivity index is 2.74. The molecule has 84 valence electrons. The van der Waals surface area contributed by atoms with Crippen LogP contribution in [0.1, 0.15) is 25.0 Å². The molecule has 1 rings (SSSR count). The minimum absolute atomic E-state index is 0.630. The molecule has 1 aromatic rings. The number of benzene rings is 1. The molecular formula is C13H20OS. The Morgan fingerprint density at radius 2 is 2.13 bits per heavy atom. The van der Waals surface area contributed by atoms with E-state index in [0.29, 0.717) is 5.92 Å². The first-order chi connectivity index (χ1) is 7.17. The van der Waals surface area contributed by atoms with Gasteiger partial charge in [-0.25, -0.2) is 0 Å². The first kappa shape index (κ1) is 12.4. The van der Waals surface area contributed by atoms with E-state index in [9.17, 15) is 0 Å². The lowest BCUT2D eigenvalue weighted by Crippen LogP contribution is -2.03. The molecule has 0 aliphatic heterocycles. The van der Waals surface area contributed by atoms with Gasteiger partial charge in [-0.2, -0.15) is 12.6 Å². The Kier molecular flexibility index (Phi) is 5.03. The summed E-state index contributed by atoms with van der Waals surface area (Å²) in [7, 11) is 0. The summed E-state index contributed by atoms with van der Waals surface area (Å²) in [5.74, 6) is 2.54. The molecule has 1 unspecified atom stereocenters. The van der Waals surface area contributed by atoms with Crippen LogP contribution in [0.25, 0.3) is 0 Å². The van der Waals surface area contributed by atoms with Crippen LogP contribution in [0.2, 0.25) is 0 Å². The Labute approximate surface area is 98.3 Å². The number of aryl methyl sites for hydroxylation is 1. The second kappa shape index (κ2) is 6.06. The molecule has 2 heteroatoms. The third-order valence-corrected chi connectivity index (χ3v) is 3.13. The fourth-order valence-corrected chi connectivity index (χ4v) is 1.72. The number of rotatable bonds is 5. The number of hydrogen-bond donors (Lipinski definition) is 1. The lowest BCUT2D eigenvalue weighted by atomic mass is 9.98. The predicted octanol–water partition coefficient (Wildman–Crippen LogP) is 3.50. The molecule has 0 aliphatic rings. The number of ether oxygens (including phenoxy) is 1. The molecule has 0 aromatic heterocycles. The zero-order valence-electron chi connectivity index (χ0n) is 9.79. The Morgan fingerprint density at radius 1 is 1.40 bits per heavy atom. The van der Waals surface area contributed by atoms with E-state index in [1.807, 2.05) is 6.92 Å². The summed E-state index contributed by atoms with van der Waals surface area (Å²) in [5, 5.41) is 0. The van der Waals surface area contributed by atoms with E-state index in [-0.39, 0.29) is 0 Å². The lowest BCUT2D eigenvalue weighted by Gasteiger charge is -2.12. The Hall–Kier alpha value is -0.630. The van der Waals surface area contributed by atoms with Crippen molar-refractivity contribution in [1.82, 2.24) is 0 Å². The molecule has 0 N–H and O–H groups in total. The molecule has 0 radical (unpaired) electrons. The van der Waals surface area contributed by atoms with Crippen molar-refractivity contribution < 1.29 is 4.74 Å². The Morgan fingerprint density at radius 3 is 2.67 bits per heavy atom. The molecule has 0 heterocycles. The van der Waals surface area contributed by atoms with Crippen LogP contribution in [-0.4, -0.2) is 12.4 Å². The molecule has 0 bridgehead atoms. The molecule has 1 nitrogen and oxygen atoms in total. The zero-order chi connectivity index (χ0) is 11.3. The van der Waals surface area contributed by atoms with Gasteiger partial charge in [-0.3, -0.25) is 0 Å². The minimum atomic E-state index is 0.630. The van der Waals surface area contributed by atoms with Gasteiger partial charge in [-0.1, -0.05) is 13.0 Å². The fraction of sp³-hybridized carbons (Fsp3) is 0.538. The first-order valence-corrected chi connectivity index (χ1v) is 6.13. The van der Waals surface area contributed by atoms with Gasteiger partial charge in [0.25, 0.3) is 0 Å². The molecule has 0 fully saturated rings. The van der Waals surface area contributed by atoms with Crippen LogP contribution in [0, 0.1) is 12.8 Å². The summed E-state index contributed by atoms with van der Waals surface area (Å²) in [4.78, 5) is 0. The number of thiol groups is 1. The smallest absolute Gasteiger partial charge is 0.119 e. The van der Waals surface area contributed by atoms with Crippen LogP contribution in [0.3, 0.4) is 0 Å². The maximum absolute atomic E-state index is 5.46. The summed E-state index contributed by atoms with van der Waals surface area (Å²) >= 11 is 4.31. The molecule has 1 atom stereocenters. The maximum atomic E-state index is 5.46. The third kappa shape index (κ3) is 3.78. The molecule has 0 amide bonds. The van der Waals surface area contributed by atoms with E-state index in [4.69, 9.17) is 4.74 Å². The standard InChI is InChI=1S/C13H20OS/c1-4-14-13-6-5-12(11(3)8-13)7-10(2)9-15/h5-6,8,10,15H,4,7,9H2,1-3H3. The highest BCUT2D eigenvalue weighted by molar-refractivity contribution is 7.80. The van der Waals surface area contributed by atoms with Gasteiger partial charge in [0, 0.05) is 0 Å². The van der Waals surface area contributed by atoms with Crippen LogP contribution >= 0.6 is 12.6 Å². The van der Waals surface area contributed by atoms with Crippen LogP contribution in [0.5, 0.6) is 5.75 Å². The topological polar surface area (TPSA) is 9.23 Å². The van der Waals surface area contributed by atoms with E-state index >= 15 is 0 Å². The zero-order valence-corrected chi connectivity index (χ0v) is 10.7. The summed E-state index contributed by atoms with van der Waals surface area (Å²) in [6.45, 7) is 7.10. The molecule has 0 saturated carbocycles. The van der Waals surface area contributed by atoms with Crippen LogP contribution in [-0.2, 0) is 6.42 Å². The van der Waals surface area contributed by atoms with Gasteiger partial charge < -0.3 is 4.74 Å². The quantitative estimate of drug-likeness (QED) is 0.753. The van der Waals surface area contributed by atoms with Crippen LogP contribution in [0.4, 0.5) is 0 Å². The fourth-order valence-electron chi connectivity index (χ4n) is 1.59. The first-order valence-electron chi connectivity index (χ1n) is 5.50. The molecule has 1 aromatic carbocycles. The molecule has 0 aliphatic carbocycles. The highest BCUT2D eigenvalue weighted by Crippen LogP contribution is 2.20. The van der Waals surface area contributed by atoms with Crippen molar-refractivity contribution in [2.45, 2.75) is 27.2 Å². The van der Waals surface area contributed by atoms with Crippen molar-refractivity contribution in [3.8, 4) is 5.75 Å². The van der Waals surface area contributed by atoms with E-state index in [1.165, 1.54) is 11.1 Å². The normalized spacial score (nSPS) is 12.5. The molecule has 0 spiro atoms. The average Bonchev–Trinajstić information content (AvgIpc) is 2.22. The second-order valence-electron chi connectivity index (χ2n) is 4.01. The van der Waals surface area contributed by atoms with Gasteiger partial charge >= 0.3 is 0 Å². The largest absolute Gasteiger partial charge is 0.494 e. The van der Waals surface area contributed by atoms with Crippen molar-refractivity contribution in [3.05, 3.63) is 29.3 Å². The lowest BCUT2D eigenvalue weighted by molar-refractivity contribution is 0.340. The highest BCUT2D eigenvalue weighted by atomic mass is 32.1. The van der Waals surface area contributed by atoms with Gasteiger partial charge in [0.15, 0.2) is 0 Å². The second-order valence-corrected chi connectivity index (χ2v) is 4.38. The van der Waals surface area contributed by atoms with E-state index in [2.05, 4.69) is 44.7 Å². The summed E-state index contributed by atoms with van der Waals surface area (Å²) in [6.07, 6.45) is 1.10. The maximum Gasteiger partial charge on any atom is 0.119 e. The van der Waals surface area contributed by atoms with Gasteiger partial charge in [0.1, 0.15) is 5.75 Å². The highest BCUT2D eigenvalue weighted by Gasteiger charge is 2.05. The van der Waals surface area contributed by atoms with Gasteiger partial charge in [0.05, 0.1) is 6.61 Å². The van der Waals surface area contributed by atoms with Crippen molar-refractivity contribution in [2.24, 2.45) is 5.92 Å². The van der Waals surface area contributed by atoms with Gasteiger partial charge in [-0.15, -0.1) is 0 Å². The van der Waals surface area contributed by atoms with Crippen LogP contribution < -0.4 is 4.74 Å². The monoisotopic (exact) mass is 224 g/mol. The predicted molar refractivity (Wildman–Crippen MR) is 69.1 cm³/mol. The van der Waals surface area contributed by atoms with Crippen molar-refractivity contribution in [2.75, 3.05) is 12.4 Å². The van der Waals surface area contributed by atoms with Crippen molar-refractivity contribution in [1.29, 1.82) is 0 Å². The minimum Gasteiger partial charge on any atom is -0.494 e. The SMILES string of the molecule is CCOc1ccc(CC(C)CS)c(C)c1. The third-order valence-electron chi connectivity index (χ3n) is 2.51. The van der Waals surface area contributed by atoms with Crippen molar-refractivity contribution in [3.63, 3.8) is 0 Å². The van der Waals surface area contributed by atoms with Gasteiger partial charge in [0.2, 0.25) is 0 Å². The van der Waals surface area contributed by atoms with E-state index in [1.54, 1.807) is 0 Å².